The van der Waals surface area contributed by atoms with Crippen molar-refractivity contribution in [2.75, 3.05) is 12.4 Å². The van der Waals surface area contributed by atoms with Gasteiger partial charge in [0.2, 0.25) is 5.91 Å². The summed E-state index contributed by atoms with van der Waals surface area (Å²) in [6, 6.07) is 14.6. The normalized spacial score (nSPS) is 10.8. The maximum Gasteiger partial charge on any atom is 0.253 e. The minimum atomic E-state index is -0.191. The Kier molecular flexibility index (Phi) is 5.30. The summed E-state index contributed by atoms with van der Waals surface area (Å²) in [6.07, 6.45) is 1.78. The van der Waals surface area contributed by atoms with Crippen molar-refractivity contribution in [1.29, 1.82) is 0 Å². The van der Waals surface area contributed by atoms with Crippen molar-refractivity contribution in [1.82, 2.24) is 19.7 Å². The van der Waals surface area contributed by atoms with Crippen LogP contribution in [0.15, 0.2) is 59.2 Å². The molecule has 0 aliphatic carbocycles. The molecule has 3 aromatic heterocycles. The molecule has 1 aromatic carbocycles. The van der Waals surface area contributed by atoms with Gasteiger partial charge in [-0.25, -0.2) is 9.67 Å². The Labute approximate surface area is 173 Å². The SMILES string of the molecule is COc1ccc(CC(=O)Nc2cc(-c3ccco3)nc(-n3nc(C)cc3C)n2)cc1. The molecule has 0 bridgehead atoms. The van der Waals surface area contributed by atoms with Crippen LogP contribution in [0, 0.1) is 13.8 Å². The van der Waals surface area contributed by atoms with Gasteiger partial charge in [-0.15, -0.1) is 0 Å². The molecule has 4 rings (SSSR count). The molecule has 0 aliphatic heterocycles. The van der Waals surface area contributed by atoms with Gasteiger partial charge in [0.25, 0.3) is 5.95 Å². The van der Waals surface area contributed by atoms with Crippen LogP contribution in [0.5, 0.6) is 5.75 Å². The topological polar surface area (TPSA) is 95.1 Å². The molecule has 0 radical (unpaired) electrons. The van der Waals surface area contributed by atoms with Crippen molar-refractivity contribution in [2.24, 2.45) is 0 Å². The molecule has 3 heterocycles. The Morgan fingerprint density at radius 1 is 1.13 bits per heavy atom. The number of methoxy groups -OCH3 is 1. The number of benzene rings is 1. The summed E-state index contributed by atoms with van der Waals surface area (Å²) >= 11 is 0. The van der Waals surface area contributed by atoms with Crippen molar-refractivity contribution in [3.05, 3.63) is 71.7 Å². The summed E-state index contributed by atoms with van der Waals surface area (Å²) in [6.45, 7) is 3.82. The number of furan rings is 1. The molecule has 1 amide bonds. The van der Waals surface area contributed by atoms with Gasteiger partial charge in [-0.2, -0.15) is 10.1 Å². The molecule has 1 N–H and O–H groups in total. The second kappa shape index (κ2) is 8.20. The maximum atomic E-state index is 12.6. The van der Waals surface area contributed by atoms with E-state index < -0.39 is 0 Å². The van der Waals surface area contributed by atoms with E-state index in [2.05, 4.69) is 20.4 Å². The summed E-state index contributed by atoms with van der Waals surface area (Å²) in [5.74, 6) is 1.86. The Morgan fingerprint density at radius 2 is 1.93 bits per heavy atom. The minimum Gasteiger partial charge on any atom is -0.497 e. The smallest absolute Gasteiger partial charge is 0.253 e. The number of aryl methyl sites for hydroxylation is 2. The lowest BCUT2D eigenvalue weighted by Crippen LogP contribution is -2.17. The van der Waals surface area contributed by atoms with Crippen molar-refractivity contribution in [3.8, 4) is 23.2 Å². The van der Waals surface area contributed by atoms with E-state index in [-0.39, 0.29) is 12.3 Å². The molecule has 0 saturated carbocycles. The average Bonchev–Trinajstić information content (AvgIpc) is 3.38. The van der Waals surface area contributed by atoms with Crippen LogP contribution < -0.4 is 10.1 Å². The van der Waals surface area contributed by atoms with Crippen LogP contribution in [0.2, 0.25) is 0 Å². The fraction of sp³-hybridized carbons (Fsp3) is 0.182. The largest absolute Gasteiger partial charge is 0.497 e. The van der Waals surface area contributed by atoms with Crippen LogP contribution in [0.4, 0.5) is 5.82 Å². The number of aromatic nitrogens is 4. The molecule has 30 heavy (non-hydrogen) atoms. The van der Waals surface area contributed by atoms with Gasteiger partial charge >= 0.3 is 0 Å². The predicted molar refractivity (Wildman–Crippen MR) is 112 cm³/mol. The molecular weight excluding hydrogens is 382 g/mol. The molecular formula is C22H21N5O3. The number of rotatable bonds is 6. The van der Waals surface area contributed by atoms with Gasteiger partial charge in [0.1, 0.15) is 17.3 Å². The van der Waals surface area contributed by atoms with E-state index in [0.717, 1.165) is 22.7 Å². The van der Waals surface area contributed by atoms with E-state index in [9.17, 15) is 4.79 Å². The highest BCUT2D eigenvalue weighted by Gasteiger charge is 2.15. The first-order chi connectivity index (χ1) is 14.5. The third-order valence-electron chi connectivity index (χ3n) is 4.48. The van der Waals surface area contributed by atoms with E-state index in [4.69, 9.17) is 9.15 Å². The molecule has 8 heteroatoms. The molecule has 0 atom stereocenters. The number of anilines is 1. The number of nitrogens with one attached hydrogen (secondary N) is 1. The Balaban J connectivity index is 1.63. The van der Waals surface area contributed by atoms with Crippen LogP contribution >= 0.6 is 0 Å². The number of nitrogens with zero attached hydrogens (tertiary/aromatic N) is 4. The Morgan fingerprint density at radius 3 is 2.57 bits per heavy atom. The number of hydrogen-bond acceptors (Lipinski definition) is 6. The van der Waals surface area contributed by atoms with Crippen molar-refractivity contribution in [2.45, 2.75) is 20.3 Å². The standard InChI is InChI=1S/C22H21N5O3/c1-14-11-15(2)27(26-14)22-23-18(19-5-4-10-30-19)13-20(25-22)24-21(28)12-16-6-8-17(29-3)9-7-16/h4-11,13H,12H2,1-3H3,(H,23,24,25,28). The summed E-state index contributed by atoms with van der Waals surface area (Å²) in [5.41, 5.74) is 3.16. The molecule has 8 nitrogen and oxygen atoms in total. The molecule has 4 aromatic rings. The van der Waals surface area contributed by atoms with Crippen LogP contribution in [0.3, 0.4) is 0 Å². The van der Waals surface area contributed by atoms with Gasteiger partial charge in [0, 0.05) is 11.8 Å². The van der Waals surface area contributed by atoms with Gasteiger partial charge in [-0.05, 0) is 49.7 Å². The molecule has 0 unspecified atom stereocenters. The number of carbonyl (C=O) groups is 1. The molecule has 152 valence electrons. The highest BCUT2D eigenvalue weighted by molar-refractivity contribution is 5.91. The highest BCUT2D eigenvalue weighted by atomic mass is 16.5. The van der Waals surface area contributed by atoms with Crippen molar-refractivity contribution in [3.63, 3.8) is 0 Å². The first-order valence-corrected chi connectivity index (χ1v) is 9.41. The second-order valence-corrected chi connectivity index (χ2v) is 6.83. The average molecular weight is 403 g/mol. The monoisotopic (exact) mass is 403 g/mol. The van der Waals surface area contributed by atoms with Crippen LogP contribution in [-0.2, 0) is 11.2 Å². The zero-order valence-corrected chi connectivity index (χ0v) is 16.9. The lowest BCUT2D eigenvalue weighted by atomic mass is 10.1. The summed E-state index contributed by atoms with van der Waals surface area (Å²) < 4.78 is 12.3. The van der Waals surface area contributed by atoms with Gasteiger partial charge in [-0.3, -0.25) is 4.79 Å². The van der Waals surface area contributed by atoms with E-state index in [1.54, 1.807) is 36.3 Å². The quantitative estimate of drug-likeness (QED) is 0.527. The summed E-state index contributed by atoms with van der Waals surface area (Å²) in [7, 11) is 1.60. The van der Waals surface area contributed by atoms with Crippen LogP contribution in [0.25, 0.3) is 17.4 Å². The highest BCUT2D eigenvalue weighted by Crippen LogP contribution is 2.22. The third-order valence-corrected chi connectivity index (χ3v) is 4.48. The first kappa shape index (κ1) is 19.4. The molecule has 0 aliphatic rings. The summed E-state index contributed by atoms with van der Waals surface area (Å²) in [4.78, 5) is 21.7. The third kappa shape index (κ3) is 4.22. The van der Waals surface area contributed by atoms with Gasteiger partial charge in [-0.1, -0.05) is 12.1 Å². The van der Waals surface area contributed by atoms with Crippen molar-refractivity contribution >= 4 is 11.7 Å². The first-order valence-electron chi connectivity index (χ1n) is 9.41. The fourth-order valence-corrected chi connectivity index (χ4v) is 3.09. The minimum absolute atomic E-state index is 0.191. The summed E-state index contributed by atoms with van der Waals surface area (Å²) in [5, 5.41) is 7.30. The van der Waals surface area contributed by atoms with Gasteiger partial charge < -0.3 is 14.5 Å². The number of ether oxygens (including phenoxy) is 1. The lowest BCUT2D eigenvalue weighted by molar-refractivity contribution is -0.115. The Hall–Kier alpha value is -3.94. The van der Waals surface area contributed by atoms with E-state index in [1.807, 2.05) is 44.2 Å². The van der Waals surface area contributed by atoms with Crippen LogP contribution in [0.1, 0.15) is 17.0 Å². The molecule has 0 spiro atoms. The number of hydrogen-bond donors (Lipinski definition) is 1. The van der Waals surface area contributed by atoms with Gasteiger partial charge in [0.05, 0.1) is 25.5 Å². The number of carbonyl (C=O) groups excluding carboxylic acids is 1. The van der Waals surface area contributed by atoms with Gasteiger partial charge in [0.15, 0.2) is 5.76 Å². The van der Waals surface area contributed by atoms with E-state index >= 15 is 0 Å². The second-order valence-electron chi connectivity index (χ2n) is 6.83. The van der Waals surface area contributed by atoms with E-state index in [1.165, 1.54) is 0 Å². The molecule has 0 fully saturated rings. The Bertz CT molecular complexity index is 1160. The van der Waals surface area contributed by atoms with Crippen molar-refractivity contribution < 1.29 is 13.9 Å². The van der Waals surface area contributed by atoms with E-state index in [0.29, 0.717) is 23.2 Å². The predicted octanol–water partition coefficient (Wildman–Crippen LogP) is 3.73. The maximum absolute atomic E-state index is 12.6. The zero-order chi connectivity index (χ0) is 21.1. The van der Waals surface area contributed by atoms with Crippen LogP contribution in [-0.4, -0.2) is 32.8 Å². The lowest BCUT2D eigenvalue weighted by Gasteiger charge is -2.10. The number of amides is 1. The fourth-order valence-electron chi connectivity index (χ4n) is 3.09. The molecule has 0 saturated heterocycles. The zero-order valence-electron chi connectivity index (χ0n) is 16.9.